The van der Waals surface area contributed by atoms with Crippen LogP contribution in [0, 0.1) is 0 Å². The van der Waals surface area contributed by atoms with Gasteiger partial charge in [0.05, 0.1) is 12.7 Å². The Morgan fingerprint density at radius 2 is 2.10 bits per heavy atom. The molecule has 1 atom stereocenters. The number of benzene rings is 2. The van der Waals surface area contributed by atoms with Crippen LogP contribution >= 0.6 is 15.9 Å². The topological polar surface area (TPSA) is 55.8 Å². The van der Waals surface area contributed by atoms with E-state index >= 15 is 0 Å². The van der Waals surface area contributed by atoms with Gasteiger partial charge in [0, 0.05) is 4.47 Å². The third-order valence-electron chi connectivity index (χ3n) is 2.97. The second-order valence-corrected chi connectivity index (χ2v) is 5.32. The second kappa shape index (κ2) is 7.24. The lowest BCUT2D eigenvalue weighted by Gasteiger charge is -2.14. The van der Waals surface area contributed by atoms with Crippen molar-refractivity contribution in [3.8, 4) is 11.5 Å². The first kappa shape index (κ1) is 15.5. The van der Waals surface area contributed by atoms with E-state index in [9.17, 15) is 9.90 Å². The summed E-state index contributed by atoms with van der Waals surface area (Å²) in [6.07, 6.45) is -0.0823. The highest BCUT2D eigenvalue weighted by molar-refractivity contribution is 9.10. The van der Waals surface area contributed by atoms with Crippen molar-refractivity contribution in [3.63, 3.8) is 0 Å². The van der Waals surface area contributed by atoms with E-state index < -0.39 is 6.10 Å². The van der Waals surface area contributed by atoms with Crippen LogP contribution < -0.4 is 9.47 Å². The minimum absolute atomic E-state index is 0.0512. The molecule has 21 heavy (non-hydrogen) atoms. The molecule has 1 N–H and O–H groups in total. The van der Waals surface area contributed by atoms with Crippen molar-refractivity contribution in [1.29, 1.82) is 0 Å². The van der Waals surface area contributed by atoms with Gasteiger partial charge in [0.1, 0.15) is 24.2 Å². The zero-order valence-electron chi connectivity index (χ0n) is 11.5. The van der Waals surface area contributed by atoms with E-state index in [2.05, 4.69) is 15.9 Å². The molecule has 1 unspecified atom stereocenters. The summed E-state index contributed by atoms with van der Waals surface area (Å²) in [5, 5.41) is 10.1. The van der Waals surface area contributed by atoms with Crippen LogP contribution in [0.3, 0.4) is 0 Å². The van der Waals surface area contributed by atoms with Gasteiger partial charge in [-0.15, -0.1) is 0 Å². The highest BCUT2D eigenvalue weighted by atomic mass is 79.9. The van der Waals surface area contributed by atoms with Gasteiger partial charge < -0.3 is 14.6 Å². The summed E-state index contributed by atoms with van der Waals surface area (Å²) in [6.45, 7) is 0.0512. The Morgan fingerprint density at radius 1 is 1.29 bits per heavy atom. The highest BCUT2D eigenvalue weighted by Crippen LogP contribution is 2.24. The highest BCUT2D eigenvalue weighted by Gasteiger charge is 2.11. The van der Waals surface area contributed by atoms with Crippen LogP contribution in [0.25, 0.3) is 0 Å². The number of aliphatic hydroxyl groups is 1. The lowest BCUT2D eigenvalue weighted by Crippen LogP contribution is -2.10. The molecular weight excluding hydrogens is 336 g/mol. The molecule has 0 amide bonds. The van der Waals surface area contributed by atoms with Gasteiger partial charge in [-0.05, 0) is 35.9 Å². The lowest BCUT2D eigenvalue weighted by atomic mass is 10.1. The van der Waals surface area contributed by atoms with Crippen LogP contribution in [0.4, 0.5) is 0 Å². The van der Waals surface area contributed by atoms with Crippen LogP contribution in [-0.4, -0.2) is 25.1 Å². The average molecular weight is 351 g/mol. The fraction of sp³-hybridized carbons (Fsp3) is 0.188. The molecule has 0 aliphatic heterocycles. The first-order valence-electron chi connectivity index (χ1n) is 6.33. The molecular formula is C16H15BrO4. The Kier molecular flexibility index (Phi) is 5.36. The summed E-state index contributed by atoms with van der Waals surface area (Å²) >= 11 is 3.29. The largest absolute Gasteiger partial charge is 0.497 e. The zero-order valence-corrected chi connectivity index (χ0v) is 13.0. The van der Waals surface area contributed by atoms with Crippen molar-refractivity contribution >= 4 is 22.2 Å². The Labute approximate surface area is 131 Å². The van der Waals surface area contributed by atoms with Crippen LogP contribution in [0.5, 0.6) is 11.5 Å². The Hall–Kier alpha value is -1.85. The molecule has 2 rings (SSSR count). The van der Waals surface area contributed by atoms with Crippen molar-refractivity contribution in [2.75, 3.05) is 13.7 Å². The molecule has 0 heterocycles. The van der Waals surface area contributed by atoms with E-state index in [1.807, 2.05) is 0 Å². The predicted molar refractivity (Wildman–Crippen MR) is 83.0 cm³/mol. The molecule has 5 heteroatoms. The predicted octanol–water partition coefficient (Wildman–Crippen LogP) is 3.38. The van der Waals surface area contributed by atoms with E-state index in [-0.39, 0.29) is 6.61 Å². The molecule has 0 aliphatic rings. The zero-order chi connectivity index (χ0) is 15.2. The number of hydrogen-bond donors (Lipinski definition) is 1. The third-order valence-corrected chi connectivity index (χ3v) is 3.47. The monoisotopic (exact) mass is 350 g/mol. The standard InChI is InChI=1S/C16H15BrO4/c1-20-14-4-2-3-11(8-14)15(19)10-21-16-6-5-13(17)7-12(16)9-18/h2-9,15,19H,10H2,1H3. The maximum Gasteiger partial charge on any atom is 0.153 e. The fourth-order valence-corrected chi connectivity index (χ4v) is 2.24. The summed E-state index contributed by atoms with van der Waals surface area (Å²) in [5.41, 5.74) is 1.13. The van der Waals surface area contributed by atoms with E-state index in [0.29, 0.717) is 22.6 Å². The number of carbonyl (C=O) groups is 1. The number of ether oxygens (including phenoxy) is 2. The first-order valence-corrected chi connectivity index (χ1v) is 7.13. The number of halogens is 1. The summed E-state index contributed by atoms with van der Waals surface area (Å²) in [7, 11) is 1.57. The molecule has 4 nitrogen and oxygen atoms in total. The molecule has 0 saturated heterocycles. The van der Waals surface area contributed by atoms with Crippen LogP contribution in [0.2, 0.25) is 0 Å². The second-order valence-electron chi connectivity index (χ2n) is 4.40. The number of carbonyl (C=O) groups excluding carboxylic acids is 1. The van der Waals surface area contributed by atoms with Gasteiger partial charge >= 0.3 is 0 Å². The molecule has 2 aromatic rings. The van der Waals surface area contributed by atoms with Crippen LogP contribution in [0.1, 0.15) is 22.0 Å². The molecule has 0 radical (unpaired) electrons. The smallest absolute Gasteiger partial charge is 0.153 e. The van der Waals surface area contributed by atoms with Gasteiger partial charge in [-0.1, -0.05) is 28.1 Å². The molecule has 0 bridgehead atoms. The van der Waals surface area contributed by atoms with Gasteiger partial charge in [-0.3, -0.25) is 4.79 Å². The SMILES string of the molecule is COc1cccc(C(O)COc2ccc(Br)cc2C=O)c1. The summed E-state index contributed by atoms with van der Waals surface area (Å²) in [4.78, 5) is 11.0. The summed E-state index contributed by atoms with van der Waals surface area (Å²) < 4.78 is 11.4. The molecule has 0 spiro atoms. The third kappa shape index (κ3) is 4.06. The normalized spacial score (nSPS) is 11.8. The van der Waals surface area contributed by atoms with Gasteiger partial charge in [-0.25, -0.2) is 0 Å². The molecule has 2 aromatic carbocycles. The van der Waals surface area contributed by atoms with Gasteiger partial charge in [0.25, 0.3) is 0 Å². The summed E-state index contributed by atoms with van der Waals surface area (Å²) in [5.74, 6) is 1.11. The van der Waals surface area contributed by atoms with Crippen LogP contribution in [-0.2, 0) is 0 Å². The molecule has 0 fully saturated rings. The van der Waals surface area contributed by atoms with E-state index in [1.54, 1.807) is 49.6 Å². The van der Waals surface area contributed by atoms with E-state index in [1.165, 1.54) is 0 Å². The first-order chi connectivity index (χ1) is 10.1. The molecule has 0 aromatic heterocycles. The number of rotatable bonds is 6. The number of aldehydes is 1. The van der Waals surface area contributed by atoms with Crippen molar-refractivity contribution in [3.05, 3.63) is 58.1 Å². The molecule has 110 valence electrons. The molecule has 0 aliphatic carbocycles. The quantitative estimate of drug-likeness (QED) is 0.811. The maximum atomic E-state index is 11.0. The van der Waals surface area contributed by atoms with Gasteiger partial charge in [-0.2, -0.15) is 0 Å². The Balaban J connectivity index is 2.07. The van der Waals surface area contributed by atoms with E-state index in [0.717, 1.165) is 10.8 Å². The van der Waals surface area contributed by atoms with Crippen molar-refractivity contribution in [1.82, 2.24) is 0 Å². The minimum Gasteiger partial charge on any atom is -0.497 e. The Bertz CT molecular complexity index is 627. The Morgan fingerprint density at radius 3 is 2.81 bits per heavy atom. The van der Waals surface area contributed by atoms with Crippen LogP contribution in [0.15, 0.2) is 46.9 Å². The van der Waals surface area contributed by atoms with Crippen molar-refractivity contribution < 1.29 is 19.4 Å². The van der Waals surface area contributed by atoms with Crippen molar-refractivity contribution in [2.24, 2.45) is 0 Å². The minimum atomic E-state index is -0.803. The fourth-order valence-electron chi connectivity index (χ4n) is 1.86. The lowest BCUT2D eigenvalue weighted by molar-refractivity contribution is 0.104. The number of aliphatic hydroxyl groups excluding tert-OH is 1. The van der Waals surface area contributed by atoms with E-state index in [4.69, 9.17) is 9.47 Å². The molecule has 0 saturated carbocycles. The maximum absolute atomic E-state index is 11.0. The summed E-state index contributed by atoms with van der Waals surface area (Å²) in [6, 6.07) is 12.3. The number of methoxy groups -OCH3 is 1. The van der Waals surface area contributed by atoms with Gasteiger partial charge in [0.15, 0.2) is 6.29 Å². The van der Waals surface area contributed by atoms with Crippen molar-refractivity contribution in [2.45, 2.75) is 6.10 Å². The number of hydrogen-bond acceptors (Lipinski definition) is 4. The average Bonchev–Trinajstić information content (AvgIpc) is 2.53. The van der Waals surface area contributed by atoms with Gasteiger partial charge in [0.2, 0.25) is 0 Å².